The normalized spacial score (nSPS) is 24.6. The second-order valence-corrected chi connectivity index (χ2v) is 22.9. The van der Waals surface area contributed by atoms with Crippen LogP contribution in [0.15, 0.2) is 127 Å². The second-order valence-electron chi connectivity index (χ2n) is 18.6. The van der Waals surface area contributed by atoms with Crippen molar-refractivity contribution in [1.82, 2.24) is 4.98 Å². The summed E-state index contributed by atoms with van der Waals surface area (Å²) in [5, 5.41) is 5.97. The topological polar surface area (TPSA) is 12.9 Å². The molecular weight excluding hydrogens is 679 g/mol. The minimum atomic E-state index is -1.97. The zero-order valence-electron chi connectivity index (χ0n) is 32.4. The van der Waals surface area contributed by atoms with Crippen LogP contribution >= 0.6 is 0 Å². The van der Waals surface area contributed by atoms with Gasteiger partial charge in [0.25, 0.3) is 0 Å². The van der Waals surface area contributed by atoms with Crippen LogP contribution in [0.3, 0.4) is 0 Å². The second kappa shape index (κ2) is 11.3. The average Bonchev–Trinajstić information content (AvgIpc) is 3.59. The average molecular weight is 726 g/mol. The molecule has 6 aromatic carbocycles. The van der Waals surface area contributed by atoms with Gasteiger partial charge in [-0.25, -0.2) is 4.98 Å². The van der Waals surface area contributed by atoms with E-state index < -0.39 is 8.07 Å². The van der Waals surface area contributed by atoms with Gasteiger partial charge in [-0.3, -0.25) is 0 Å². The van der Waals surface area contributed by atoms with Crippen molar-refractivity contribution in [3.8, 4) is 55.9 Å². The minimum Gasteiger partial charge on any atom is -0.248 e. The van der Waals surface area contributed by atoms with Gasteiger partial charge in [0.05, 0.1) is 11.4 Å². The number of hydrogen-bond acceptors (Lipinski definition) is 1. The molecule has 1 aliphatic heterocycles. The molecule has 4 fully saturated rings. The molecule has 1 spiro atoms. The highest BCUT2D eigenvalue weighted by Crippen LogP contribution is 2.70. The van der Waals surface area contributed by atoms with E-state index in [0.29, 0.717) is 0 Å². The lowest BCUT2D eigenvalue weighted by atomic mass is 9.43. The Labute approximate surface area is 326 Å². The molecule has 2 heteroatoms. The molecule has 1 aromatic heterocycles. The molecule has 6 aliphatic rings. The molecule has 0 radical (unpaired) electrons. The standard InChI is InChI=1S/C53H47NSi/c1-31-9-13-35(14-10-31)40-27-49(36-15-11-32(2)12-16-36)54-50(28-40)39-17-18-51-45(25-39)46-29-48-44(30-52(46)55(51,3)4)43-24-37-7-5-6-8-38(37)26-47(43)53(48)41-20-33-19-34(22-41)23-42(53)21-33/h5-18,24-30,33-34,41-42H,19-23H2,1-4H3. The van der Waals surface area contributed by atoms with Crippen LogP contribution in [0, 0.1) is 37.5 Å². The van der Waals surface area contributed by atoms with Crippen molar-refractivity contribution < 1.29 is 0 Å². The molecular formula is C53H47NSi. The number of fused-ring (bicyclic) bond motifs is 7. The summed E-state index contributed by atoms with van der Waals surface area (Å²) in [5.74, 6) is 3.35. The maximum Gasteiger partial charge on any atom is 0.113 e. The van der Waals surface area contributed by atoms with Gasteiger partial charge in [0, 0.05) is 16.5 Å². The van der Waals surface area contributed by atoms with Crippen molar-refractivity contribution in [2.75, 3.05) is 0 Å². The Morgan fingerprint density at radius 1 is 0.473 bits per heavy atom. The van der Waals surface area contributed by atoms with Crippen LogP contribution in [0.5, 0.6) is 0 Å². The third-order valence-electron chi connectivity index (χ3n) is 15.2. The molecule has 13 rings (SSSR count). The first-order valence-electron chi connectivity index (χ1n) is 20.8. The lowest BCUT2D eigenvalue weighted by Crippen LogP contribution is -2.55. The number of hydrogen-bond donors (Lipinski definition) is 0. The summed E-state index contributed by atoms with van der Waals surface area (Å²) < 4.78 is 0. The first-order chi connectivity index (χ1) is 26.7. The quantitative estimate of drug-likeness (QED) is 0.165. The summed E-state index contributed by atoms with van der Waals surface area (Å²) in [4.78, 5) is 5.41. The molecule has 5 aliphatic carbocycles. The summed E-state index contributed by atoms with van der Waals surface area (Å²) in [7, 11) is -1.97. The Bertz CT molecular complexity index is 2660. The summed E-state index contributed by atoms with van der Waals surface area (Å²) in [5.41, 5.74) is 18.9. The summed E-state index contributed by atoms with van der Waals surface area (Å²) in [6.07, 6.45) is 7.10. The number of aromatic nitrogens is 1. The Morgan fingerprint density at radius 3 is 1.69 bits per heavy atom. The van der Waals surface area contributed by atoms with Crippen molar-refractivity contribution in [3.63, 3.8) is 0 Å². The summed E-state index contributed by atoms with van der Waals surface area (Å²) >= 11 is 0. The lowest BCUT2D eigenvalue weighted by Gasteiger charge is -2.61. The predicted octanol–water partition coefficient (Wildman–Crippen LogP) is 12.4. The molecule has 268 valence electrons. The van der Waals surface area contributed by atoms with Crippen molar-refractivity contribution >= 4 is 29.2 Å². The van der Waals surface area contributed by atoms with Crippen LogP contribution < -0.4 is 10.4 Å². The Hall–Kier alpha value is -5.05. The highest BCUT2D eigenvalue weighted by molar-refractivity contribution is 7.03. The van der Waals surface area contributed by atoms with E-state index in [-0.39, 0.29) is 5.41 Å². The van der Waals surface area contributed by atoms with Crippen molar-refractivity contribution in [2.45, 2.75) is 64.5 Å². The Balaban J connectivity index is 1.06. The van der Waals surface area contributed by atoms with Crippen LogP contribution in [0.1, 0.15) is 54.4 Å². The molecule has 0 amide bonds. The van der Waals surface area contributed by atoms with E-state index in [1.165, 1.54) is 87.4 Å². The van der Waals surface area contributed by atoms with Gasteiger partial charge in [-0.05, 0) is 172 Å². The van der Waals surface area contributed by atoms with Gasteiger partial charge in [-0.1, -0.05) is 115 Å². The largest absolute Gasteiger partial charge is 0.248 e. The van der Waals surface area contributed by atoms with E-state index in [9.17, 15) is 0 Å². The summed E-state index contributed by atoms with van der Waals surface area (Å²) in [6.45, 7) is 9.49. The number of pyridine rings is 1. The molecule has 0 atom stereocenters. The van der Waals surface area contributed by atoms with Crippen LogP contribution in [0.4, 0.5) is 0 Å². The maximum absolute atomic E-state index is 5.41. The van der Waals surface area contributed by atoms with E-state index in [1.54, 1.807) is 27.1 Å². The number of rotatable bonds is 3. The Kier molecular flexibility index (Phi) is 6.60. The van der Waals surface area contributed by atoms with Gasteiger partial charge in [-0.2, -0.15) is 0 Å². The molecule has 55 heavy (non-hydrogen) atoms. The van der Waals surface area contributed by atoms with Crippen LogP contribution in [-0.4, -0.2) is 13.1 Å². The third kappa shape index (κ3) is 4.49. The van der Waals surface area contributed by atoms with Crippen molar-refractivity contribution in [2.24, 2.45) is 23.7 Å². The minimum absolute atomic E-state index is 0.135. The predicted molar refractivity (Wildman–Crippen MR) is 233 cm³/mol. The molecule has 4 saturated carbocycles. The first kappa shape index (κ1) is 32.2. The van der Waals surface area contributed by atoms with Gasteiger partial charge in [0.2, 0.25) is 0 Å². The highest BCUT2D eigenvalue weighted by atomic mass is 28.3. The van der Waals surface area contributed by atoms with Gasteiger partial charge in [-0.15, -0.1) is 0 Å². The molecule has 0 saturated heterocycles. The molecule has 7 aromatic rings. The summed E-state index contributed by atoms with van der Waals surface area (Å²) in [6, 6.07) is 49.5. The van der Waals surface area contributed by atoms with E-state index in [0.717, 1.165) is 40.6 Å². The highest BCUT2D eigenvalue weighted by Gasteiger charge is 2.62. The first-order valence-corrected chi connectivity index (χ1v) is 23.8. The van der Waals surface area contributed by atoms with Gasteiger partial charge in [0.1, 0.15) is 8.07 Å². The molecule has 0 N–H and O–H groups in total. The van der Waals surface area contributed by atoms with E-state index in [1.807, 2.05) is 0 Å². The molecule has 4 bridgehead atoms. The van der Waals surface area contributed by atoms with Gasteiger partial charge < -0.3 is 0 Å². The van der Waals surface area contributed by atoms with E-state index >= 15 is 0 Å². The van der Waals surface area contributed by atoms with Crippen LogP contribution in [-0.2, 0) is 5.41 Å². The molecule has 2 heterocycles. The lowest BCUT2D eigenvalue weighted by molar-refractivity contribution is -0.0398. The fourth-order valence-electron chi connectivity index (χ4n) is 12.7. The smallest absolute Gasteiger partial charge is 0.113 e. The monoisotopic (exact) mass is 725 g/mol. The van der Waals surface area contributed by atoms with Crippen molar-refractivity contribution in [1.29, 1.82) is 0 Å². The molecule has 0 unspecified atom stereocenters. The Morgan fingerprint density at radius 2 is 1.02 bits per heavy atom. The van der Waals surface area contributed by atoms with Gasteiger partial charge in [0.15, 0.2) is 0 Å². The van der Waals surface area contributed by atoms with E-state index in [4.69, 9.17) is 4.98 Å². The fourth-order valence-corrected chi connectivity index (χ4v) is 15.8. The third-order valence-corrected chi connectivity index (χ3v) is 18.7. The number of aryl methyl sites for hydroxylation is 2. The van der Waals surface area contributed by atoms with Crippen LogP contribution in [0.2, 0.25) is 13.1 Å². The van der Waals surface area contributed by atoms with Gasteiger partial charge >= 0.3 is 0 Å². The zero-order valence-corrected chi connectivity index (χ0v) is 33.4. The van der Waals surface area contributed by atoms with Crippen molar-refractivity contribution in [3.05, 3.63) is 150 Å². The maximum atomic E-state index is 5.41. The molecule has 1 nitrogen and oxygen atoms in total. The van der Waals surface area contributed by atoms with Crippen LogP contribution in [0.25, 0.3) is 66.7 Å². The zero-order chi connectivity index (χ0) is 36.8. The number of benzene rings is 6. The fraction of sp³-hybridized carbons (Fsp3) is 0.264. The SMILES string of the molecule is Cc1ccc(-c2cc(-c3ccc(C)cc3)nc(-c3ccc4c(c3)-c3cc5c(cc3[Si]4(C)C)-c3cc4ccccc4cc3C53C4CC5CC(C4)CC3C5)c2)cc1. The number of nitrogens with zero attached hydrogens (tertiary/aromatic N) is 1. The van der Waals surface area contributed by atoms with E-state index in [2.05, 4.69) is 154 Å².